The third kappa shape index (κ3) is 37.5. The molecule has 0 aliphatic heterocycles. The smallest absolute Gasteiger partial charge is 0.457 e. The first-order chi connectivity index (χ1) is 23.6. The minimum absolute atomic E-state index is 0.0863. The van der Waals surface area contributed by atoms with Crippen LogP contribution in [0.1, 0.15) is 142 Å². The van der Waals surface area contributed by atoms with E-state index in [-0.39, 0.29) is 25.8 Å². The SMILES string of the molecule is CC/C=C\C/C=C\C/C=C\C/C=C\CCCCCCCCCCCCCOCC(COP(=O)(O)OCC[N+](C)(C)C)OC(=O)CCCCC. The van der Waals surface area contributed by atoms with Crippen LogP contribution < -0.4 is 0 Å². The molecule has 0 radical (unpaired) electrons. The summed E-state index contributed by atoms with van der Waals surface area (Å²) in [5, 5.41) is 0. The molecule has 0 bridgehead atoms. The average Bonchev–Trinajstić information content (AvgIpc) is 3.04. The first-order valence-electron chi connectivity index (χ1n) is 19.4. The van der Waals surface area contributed by atoms with Gasteiger partial charge >= 0.3 is 13.8 Å². The third-order valence-corrected chi connectivity index (χ3v) is 8.89. The maximum absolute atomic E-state index is 12.3. The summed E-state index contributed by atoms with van der Waals surface area (Å²) in [4.78, 5) is 22.3. The zero-order valence-corrected chi connectivity index (χ0v) is 33.1. The van der Waals surface area contributed by atoms with Crippen LogP contribution in [0, 0.1) is 0 Å². The number of carbonyl (C=O) groups excluding carboxylic acids is 1. The normalized spacial score (nSPS) is 14.5. The zero-order chi connectivity index (χ0) is 36.3. The molecule has 0 saturated heterocycles. The summed E-state index contributed by atoms with van der Waals surface area (Å²) in [6.45, 7) is 5.32. The number of hydrogen-bond acceptors (Lipinski definition) is 6. The highest BCUT2D eigenvalue weighted by molar-refractivity contribution is 7.47. The summed E-state index contributed by atoms with van der Waals surface area (Å²) in [5.41, 5.74) is 0. The molecule has 0 rings (SSSR count). The Bertz CT molecular complexity index is 926. The lowest BCUT2D eigenvalue weighted by atomic mass is 10.1. The van der Waals surface area contributed by atoms with Gasteiger partial charge in [0.2, 0.25) is 0 Å². The topological polar surface area (TPSA) is 91.3 Å². The zero-order valence-electron chi connectivity index (χ0n) is 32.2. The maximum Gasteiger partial charge on any atom is 0.472 e. The Balaban J connectivity index is 3.89. The van der Waals surface area contributed by atoms with Gasteiger partial charge in [-0.1, -0.05) is 133 Å². The van der Waals surface area contributed by atoms with Crippen molar-refractivity contribution >= 4 is 13.8 Å². The Morgan fingerprint density at radius 1 is 0.653 bits per heavy atom. The van der Waals surface area contributed by atoms with Crippen LogP contribution in [0.25, 0.3) is 0 Å². The standard InChI is InChI=1S/C40H74NO7P/c1-6-8-10-11-12-13-14-15-16-17-18-19-20-21-22-23-24-25-26-27-28-29-30-32-35-45-37-39(48-40(42)33-31-9-7-2)38-47-49(43,44)46-36-34-41(3,4)5/h8,10,12-13,15-16,18-19,39H,6-7,9,11,14,17,20-38H2,1-5H3/p+1/b10-8-,13-12-,16-15-,19-18-. The number of hydrogen-bond donors (Lipinski definition) is 1. The summed E-state index contributed by atoms with van der Waals surface area (Å²) in [7, 11) is 1.66. The van der Waals surface area contributed by atoms with Crippen molar-refractivity contribution in [3.05, 3.63) is 48.6 Å². The van der Waals surface area contributed by atoms with Gasteiger partial charge < -0.3 is 18.9 Å². The first-order valence-corrected chi connectivity index (χ1v) is 20.9. The lowest BCUT2D eigenvalue weighted by molar-refractivity contribution is -0.870. The number of esters is 1. The predicted octanol–water partition coefficient (Wildman–Crippen LogP) is 10.8. The van der Waals surface area contributed by atoms with E-state index in [4.69, 9.17) is 18.5 Å². The average molecular weight is 713 g/mol. The highest BCUT2D eigenvalue weighted by Gasteiger charge is 2.26. The lowest BCUT2D eigenvalue weighted by Crippen LogP contribution is -2.37. The van der Waals surface area contributed by atoms with Gasteiger partial charge in [0.15, 0.2) is 0 Å². The van der Waals surface area contributed by atoms with Crippen molar-refractivity contribution < 1.29 is 37.3 Å². The minimum atomic E-state index is -4.25. The van der Waals surface area contributed by atoms with Crippen molar-refractivity contribution in [1.29, 1.82) is 0 Å². The van der Waals surface area contributed by atoms with E-state index in [1.54, 1.807) is 0 Å². The van der Waals surface area contributed by atoms with Gasteiger partial charge in [-0.3, -0.25) is 13.8 Å². The predicted molar refractivity (Wildman–Crippen MR) is 206 cm³/mol. The molecule has 9 heteroatoms. The number of ether oxygens (including phenoxy) is 2. The number of phosphoric ester groups is 1. The number of quaternary nitrogens is 1. The maximum atomic E-state index is 12.3. The largest absolute Gasteiger partial charge is 0.472 e. The molecule has 49 heavy (non-hydrogen) atoms. The second-order valence-electron chi connectivity index (χ2n) is 13.9. The van der Waals surface area contributed by atoms with Gasteiger partial charge in [-0.2, -0.15) is 0 Å². The van der Waals surface area contributed by atoms with Gasteiger partial charge in [-0.15, -0.1) is 0 Å². The third-order valence-electron chi connectivity index (χ3n) is 7.90. The van der Waals surface area contributed by atoms with Crippen molar-refractivity contribution in [2.24, 2.45) is 0 Å². The van der Waals surface area contributed by atoms with Gasteiger partial charge in [0, 0.05) is 13.0 Å². The lowest BCUT2D eigenvalue weighted by Gasteiger charge is -2.24. The van der Waals surface area contributed by atoms with E-state index in [0.29, 0.717) is 24.1 Å². The van der Waals surface area contributed by atoms with Gasteiger partial charge in [0.1, 0.15) is 19.3 Å². The number of likely N-dealkylation sites (N-methyl/N-ethyl adjacent to an activating group) is 1. The van der Waals surface area contributed by atoms with E-state index in [1.165, 1.54) is 64.2 Å². The number of rotatable bonds is 35. The van der Waals surface area contributed by atoms with E-state index >= 15 is 0 Å². The quantitative estimate of drug-likeness (QED) is 0.0230. The van der Waals surface area contributed by atoms with Crippen LogP contribution in [-0.2, 0) is 27.9 Å². The van der Waals surface area contributed by atoms with Crippen molar-refractivity contribution in [1.82, 2.24) is 0 Å². The molecule has 0 aromatic carbocycles. The van der Waals surface area contributed by atoms with Crippen LogP contribution in [-0.4, -0.2) is 75.6 Å². The number of nitrogens with zero attached hydrogens (tertiary/aromatic N) is 1. The number of allylic oxidation sites excluding steroid dienone is 8. The number of carbonyl (C=O) groups is 1. The second kappa shape index (κ2) is 33.6. The Kier molecular flexibility index (Phi) is 32.5. The van der Waals surface area contributed by atoms with E-state index < -0.39 is 13.9 Å². The molecule has 0 aromatic heterocycles. The summed E-state index contributed by atoms with van der Waals surface area (Å²) < 4.78 is 34.5. The van der Waals surface area contributed by atoms with Crippen LogP contribution in [0.3, 0.4) is 0 Å². The van der Waals surface area contributed by atoms with Crippen molar-refractivity contribution in [2.45, 2.75) is 148 Å². The molecule has 2 unspecified atom stereocenters. The van der Waals surface area contributed by atoms with E-state index in [2.05, 4.69) is 62.5 Å². The number of phosphoric acid groups is 1. The molecular weight excluding hydrogens is 637 g/mol. The molecule has 8 nitrogen and oxygen atoms in total. The van der Waals surface area contributed by atoms with Crippen LogP contribution in [0.2, 0.25) is 0 Å². The molecule has 286 valence electrons. The monoisotopic (exact) mass is 713 g/mol. The van der Waals surface area contributed by atoms with Gasteiger partial charge in [0.25, 0.3) is 0 Å². The Morgan fingerprint density at radius 3 is 1.73 bits per heavy atom. The molecule has 0 heterocycles. The molecule has 0 aliphatic rings. The van der Waals surface area contributed by atoms with E-state index in [0.717, 1.165) is 57.8 Å². The molecule has 2 atom stereocenters. The van der Waals surface area contributed by atoms with Crippen LogP contribution in [0.4, 0.5) is 0 Å². The van der Waals surface area contributed by atoms with Gasteiger partial charge in [-0.05, 0) is 51.4 Å². The second-order valence-corrected chi connectivity index (χ2v) is 15.4. The first kappa shape index (κ1) is 47.5. The highest BCUT2D eigenvalue weighted by atomic mass is 31.2. The fourth-order valence-corrected chi connectivity index (χ4v) is 5.64. The molecular formula is C40H75NO7P+. The molecule has 0 saturated carbocycles. The van der Waals surface area contributed by atoms with E-state index in [9.17, 15) is 14.3 Å². The Hall–Kier alpha value is -1.54. The summed E-state index contributed by atoms with van der Waals surface area (Å²) in [6, 6.07) is 0. The fourth-order valence-electron chi connectivity index (χ4n) is 4.89. The van der Waals surface area contributed by atoms with Crippen molar-refractivity contribution in [3.8, 4) is 0 Å². The van der Waals surface area contributed by atoms with E-state index in [1.807, 2.05) is 21.1 Å². The Morgan fingerprint density at radius 2 is 1.18 bits per heavy atom. The molecule has 0 fully saturated rings. The van der Waals surface area contributed by atoms with Crippen molar-refractivity contribution in [3.63, 3.8) is 0 Å². The number of unbranched alkanes of at least 4 members (excludes halogenated alkanes) is 13. The highest BCUT2D eigenvalue weighted by Crippen LogP contribution is 2.43. The van der Waals surface area contributed by atoms with Crippen LogP contribution in [0.15, 0.2) is 48.6 Å². The fraction of sp³-hybridized carbons (Fsp3) is 0.775. The molecule has 0 aliphatic carbocycles. The molecule has 0 spiro atoms. The molecule has 1 N–H and O–H groups in total. The Labute approximate surface area is 301 Å². The summed E-state index contributed by atoms with van der Waals surface area (Å²) >= 11 is 0. The van der Waals surface area contributed by atoms with Crippen LogP contribution >= 0.6 is 7.82 Å². The van der Waals surface area contributed by atoms with Gasteiger partial charge in [-0.25, -0.2) is 4.57 Å². The molecule has 0 amide bonds. The minimum Gasteiger partial charge on any atom is -0.457 e. The summed E-state index contributed by atoms with van der Waals surface area (Å²) in [6.07, 6.45) is 39.4. The summed E-state index contributed by atoms with van der Waals surface area (Å²) in [5.74, 6) is -0.341. The van der Waals surface area contributed by atoms with Gasteiger partial charge in [0.05, 0.1) is 34.4 Å². The molecule has 0 aromatic rings. The van der Waals surface area contributed by atoms with Crippen molar-refractivity contribution in [2.75, 3.05) is 54.1 Å². The van der Waals surface area contributed by atoms with Crippen LogP contribution in [0.5, 0.6) is 0 Å².